The number of hydrogen-bond donors (Lipinski definition) is 1. The van der Waals surface area contributed by atoms with Gasteiger partial charge in [0.05, 0.1) is 12.0 Å². The van der Waals surface area contributed by atoms with Gasteiger partial charge >= 0.3 is 0 Å². The van der Waals surface area contributed by atoms with Crippen LogP contribution in [0.2, 0.25) is 0 Å². The van der Waals surface area contributed by atoms with Crippen molar-refractivity contribution in [1.82, 2.24) is 9.55 Å². The quantitative estimate of drug-likeness (QED) is 0.500. The van der Waals surface area contributed by atoms with Crippen LogP contribution in [0.1, 0.15) is 28.6 Å². The van der Waals surface area contributed by atoms with Crippen LogP contribution in [0.5, 0.6) is 0 Å². The second-order valence-corrected chi connectivity index (χ2v) is 6.72. The van der Waals surface area contributed by atoms with Gasteiger partial charge in [-0.25, -0.2) is 9.37 Å². The molecule has 4 aromatic rings. The Morgan fingerprint density at radius 3 is 1.61 bits per heavy atom. The summed E-state index contributed by atoms with van der Waals surface area (Å²) in [5, 5.41) is 0. The third kappa shape index (κ3) is 3.02. The monoisotopic (exact) mass is 371 g/mol. The highest BCUT2D eigenvalue weighted by Crippen LogP contribution is 2.41. The highest BCUT2D eigenvalue weighted by Gasteiger charge is 2.38. The first-order valence-electron chi connectivity index (χ1n) is 9.32. The first-order valence-corrected chi connectivity index (χ1v) is 9.32. The Morgan fingerprint density at radius 1 is 0.786 bits per heavy atom. The molecule has 0 aliphatic carbocycles. The Bertz CT molecular complexity index is 917. The van der Waals surface area contributed by atoms with E-state index in [9.17, 15) is 4.39 Å². The Kier molecular flexibility index (Phi) is 5.04. The Balaban J connectivity index is 2.06. The minimum absolute atomic E-state index is 0.0912. The smallest absolute Gasteiger partial charge is 0.156 e. The number of aromatic nitrogens is 2. The summed E-state index contributed by atoms with van der Waals surface area (Å²) in [6, 6.07) is 30.7. The van der Waals surface area contributed by atoms with Gasteiger partial charge in [0.1, 0.15) is 5.54 Å². The van der Waals surface area contributed by atoms with Gasteiger partial charge in [-0.15, -0.1) is 0 Å². The van der Waals surface area contributed by atoms with E-state index in [-0.39, 0.29) is 6.54 Å². The summed E-state index contributed by atoms with van der Waals surface area (Å²) in [6.45, 7) is -0.0912. The molecule has 0 aliphatic heterocycles. The molecule has 0 bridgehead atoms. The molecule has 4 heteroatoms. The van der Waals surface area contributed by atoms with Crippen molar-refractivity contribution in [2.75, 3.05) is 6.54 Å². The number of halogens is 1. The van der Waals surface area contributed by atoms with Gasteiger partial charge in [0, 0.05) is 12.7 Å². The average Bonchev–Trinajstić information content (AvgIpc) is 3.26. The van der Waals surface area contributed by atoms with Crippen molar-refractivity contribution in [3.63, 3.8) is 0 Å². The fraction of sp³-hybridized carbons (Fsp3) is 0.125. The van der Waals surface area contributed by atoms with Crippen LogP contribution in [0, 0.1) is 0 Å². The predicted molar refractivity (Wildman–Crippen MR) is 110 cm³/mol. The molecule has 0 saturated carbocycles. The fourth-order valence-corrected chi connectivity index (χ4v) is 3.79. The van der Waals surface area contributed by atoms with Gasteiger partial charge in [-0.05, 0) is 16.7 Å². The average molecular weight is 371 g/mol. The van der Waals surface area contributed by atoms with Gasteiger partial charge in [0.2, 0.25) is 0 Å². The molecule has 0 radical (unpaired) electrons. The van der Waals surface area contributed by atoms with Crippen LogP contribution < -0.4 is 5.73 Å². The van der Waals surface area contributed by atoms with Gasteiger partial charge in [0.15, 0.2) is 6.17 Å². The zero-order chi connectivity index (χ0) is 19.4. The lowest BCUT2D eigenvalue weighted by atomic mass is 9.77. The lowest BCUT2D eigenvalue weighted by Gasteiger charge is -2.37. The van der Waals surface area contributed by atoms with Gasteiger partial charge < -0.3 is 10.3 Å². The van der Waals surface area contributed by atoms with E-state index < -0.39 is 11.7 Å². The van der Waals surface area contributed by atoms with Gasteiger partial charge in [-0.2, -0.15) is 0 Å². The van der Waals surface area contributed by atoms with Crippen molar-refractivity contribution in [1.29, 1.82) is 0 Å². The maximum Gasteiger partial charge on any atom is 0.156 e. The minimum Gasteiger partial charge on any atom is -0.327 e. The van der Waals surface area contributed by atoms with E-state index in [4.69, 9.17) is 5.73 Å². The predicted octanol–water partition coefficient (Wildman–Crippen LogP) is 4.69. The lowest BCUT2D eigenvalue weighted by molar-refractivity contribution is 0.345. The van der Waals surface area contributed by atoms with Crippen molar-refractivity contribution in [3.05, 3.63) is 126 Å². The minimum atomic E-state index is -1.29. The molecule has 0 saturated heterocycles. The topological polar surface area (TPSA) is 43.8 Å². The maximum absolute atomic E-state index is 14.3. The van der Waals surface area contributed by atoms with E-state index in [1.54, 1.807) is 12.5 Å². The Labute approximate surface area is 164 Å². The third-order valence-electron chi connectivity index (χ3n) is 5.09. The summed E-state index contributed by atoms with van der Waals surface area (Å²) in [5.74, 6) is 0. The molecule has 1 aromatic heterocycles. The second-order valence-electron chi connectivity index (χ2n) is 6.72. The zero-order valence-electron chi connectivity index (χ0n) is 15.4. The SMILES string of the molecule is NCC(F)c1cn(C(c2ccccc2)(c2ccccc2)c2ccccc2)cn1. The number of benzene rings is 3. The van der Waals surface area contributed by atoms with E-state index in [2.05, 4.69) is 41.4 Å². The molecule has 1 atom stereocenters. The maximum atomic E-state index is 14.3. The third-order valence-corrected chi connectivity index (χ3v) is 5.09. The van der Waals surface area contributed by atoms with Crippen LogP contribution in [-0.2, 0) is 5.54 Å². The number of alkyl halides is 1. The normalized spacial score (nSPS) is 12.6. The molecule has 3 nitrogen and oxygen atoms in total. The summed E-state index contributed by atoms with van der Waals surface area (Å²) in [6.07, 6.45) is 2.18. The van der Waals surface area contributed by atoms with Gasteiger partial charge in [-0.1, -0.05) is 91.0 Å². The first kappa shape index (κ1) is 18.1. The van der Waals surface area contributed by atoms with Crippen molar-refractivity contribution >= 4 is 0 Å². The first-order chi connectivity index (χ1) is 13.8. The van der Waals surface area contributed by atoms with Crippen LogP contribution in [0.3, 0.4) is 0 Å². The number of nitrogens with zero attached hydrogens (tertiary/aromatic N) is 2. The van der Waals surface area contributed by atoms with Crippen molar-refractivity contribution in [3.8, 4) is 0 Å². The molecule has 140 valence electrons. The number of nitrogens with two attached hydrogens (primary N) is 1. The summed E-state index contributed by atoms with van der Waals surface area (Å²) >= 11 is 0. The van der Waals surface area contributed by atoms with E-state index in [1.165, 1.54) is 0 Å². The number of rotatable bonds is 6. The fourth-order valence-electron chi connectivity index (χ4n) is 3.79. The van der Waals surface area contributed by atoms with E-state index in [0.29, 0.717) is 5.69 Å². The second kappa shape index (κ2) is 7.79. The lowest BCUT2D eigenvalue weighted by Crippen LogP contribution is -2.37. The molecule has 0 spiro atoms. The Hall–Kier alpha value is -3.24. The molecular weight excluding hydrogens is 349 g/mol. The molecular formula is C24H22FN3. The van der Waals surface area contributed by atoms with E-state index >= 15 is 0 Å². The number of hydrogen-bond acceptors (Lipinski definition) is 2. The van der Waals surface area contributed by atoms with Gasteiger partial charge in [-0.3, -0.25) is 0 Å². The highest BCUT2D eigenvalue weighted by atomic mass is 19.1. The van der Waals surface area contributed by atoms with Crippen LogP contribution in [0.4, 0.5) is 4.39 Å². The zero-order valence-corrected chi connectivity index (χ0v) is 15.4. The molecule has 4 rings (SSSR count). The summed E-state index contributed by atoms with van der Waals surface area (Å²) in [7, 11) is 0. The largest absolute Gasteiger partial charge is 0.327 e. The molecule has 0 amide bonds. The molecule has 28 heavy (non-hydrogen) atoms. The molecule has 1 unspecified atom stereocenters. The van der Waals surface area contributed by atoms with Crippen LogP contribution >= 0.6 is 0 Å². The molecule has 3 aromatic carbocycles. The summed E-state index contributed by atoms with van der Waals surface area (Å²) in [5.41, 5.74) is 8.40. The van der Waals surface area contributed by atoms with Crippen molar-refractivity contribution in [2.24, 2.45) is 5.73 Å². The van der Waals surface area contributed by atoms with Crippen molar-refractivity contribution in [2.45, 2.75) is 11.7 Å². The van der Waals surface area contributed by atoms with E-state index in [1.807, 2.05) is 59.2 Å². The highest BCUT2D eigenvalue weighted by molar-refractivity contribution is 5.50. The summed E-state index contributed by atoms with van der Waals surface area (Å²) < 4.78 is 16.3. The molecule has 0 fully saturated rings. The van der Waals surface area contributed by atoms with Crippen molar-refractivity contribution < 1.29 is 4.39 Å². The van der Waals surface area contributed by atoms with Crippen LogP contribution in [0.25, 0.3) is 0 Å². The Morgan fingerprint density at radius 2 is 1.21 bits per heavy atom. The van der Waals surface area contributed by atoms with Gasteiger partial charge in [0.25, 0.3) is 0 Å². The standard InChI is InChI=1S/C24H22FN3/c25-22(16-26)23-17-28(18-27-23)24(19-10-4-1-5-11-19,20-12-6-2-7-13-20)21-14-8-3-9-15-21/h1-15,17-18,22H,16,26H2. The van der Waals surface area contributed by atoms with Crippen LogP contribution in [-0.4, -0.2) is 16.1 Å². The molecule has 2 N–H and O–H groups in total. The van der Waals surface area contributed by atoms with Crippen LogP contribution in [0.15, 0.2) is 104 Å². The van der Waals surface area contributed by atoms with E-state index in [0.717, 1.165) is 16.7 Å². The number of imidazole rings is 1. The summed E-state index contributed by atoms with van der Waals surface area (Å²) in [4.78, 5) is 4.34. The molecule has 1 heterocycles. The molecule has 0 aliphatic rings.